The van der Waals surface area contributed by atoms with E-state index in [1.54, 1.807) is 0 Å². The second-order valence-electron chi connectivity index (χ2n) is 2.06. The van der Waals surface area contributed by atoms with Crippen LogP contribution in [0.15, 0.2) is 0 Å². The number of rotatable bonds is 3. The molecule has 0 aromatic heterocycles. The van der Waals surface area contributed by atoms with Gasteiger partial charge in [0.2, 0.25) is 0 Å². The van der Waals surface area contributed by atoms with Crippen molar-refractivity contribution in [1.29, 1.82) is 0 Å². The van der Waals surface area contributed by atoms with E-state index < -0.39 is 0 Å². The summed E-state index contributed by atoms with van der Waals surface area (Å²) < 4.78 is 0. The fraction of sp³-hybridized carbons (Fsp3) is 0.923. The van der Waals surface area contributed by atoms with Gasteiger partial charge in [-0.3, -0.25) is 0 Å². The Morgan fingerprint density at radius 3 is 1.07 bits per heavy atom. The van der Waals surface area contributed by atoms with Crippen molar-refractivity contribution in [2.75, 3.05) is 13.6 Å². The van der Waals surface area contributed by atoms with Gasteiger partial charge in [0.1, 0.15) is 6.79 Å². The van der Waals surface area contributed by atoms with Crippen molar-refractivity contribution in [1.82, 2.24) is 5.32 Å². The molecule has 0 bridgehead atoms. The summed E-state index contributed by atoms with van der Waals surface area (Å²) in [4.78, 5) is 8.00. The largest absolute Gasteiger partial charge is 0.320 e. The molecule has 0 aromatic carbocycles. The Balaban J connectivity index is -0.0000000301. The maximum atomic E-state index is 8.00. The Morgan fingerprint density at radius 1 is 0.867 bits per heavy atom. The number of carbonyl (C=O) groups is 1. The molecule has 0 aliphatic carbocycles. The molecule has 1 N–H and O–H groups in total. The summed E-state index contributed by atoms with van der Waals surface area (Å²) >= 11 is 0. The third-order valence-corrected chi connectivity index (χ3v) is 1.06. The van der Waals surface area contributed by atoms with Gasteiger partial charge in [0.05, 0.1) is 0 Å². The van der Waals surface area contributed by atoms with Crippen LogP contribution in [0.4, 0.5) is 0 Å². The standard InChI is InChI=1S/C5H12.C3H9N.2C2H6.CH2O/c1-3-5-4-2;1-3-4-2;3*1-2/h3-5H2,1-2H3;4H,3H2,1-2H3;2*1-2H3;1H2. The average molecular weight is 221 g/mol. The molecule has 98 valence electrons. The van der Waals surface area contributed by atoms with Crippen LogP contribution in [-0.2, 0) is 4.79 Å². The molecule has 0 aliphatic heterocycles. The fourth-order valence-corrected chi connectivity index (χ4v) is 0.354. The lowest BCUT2D eigenvalue weighted by Crippen LogP contribution is -2.01. The molecule has 0 rings (SSSR count). The Morgan fingerprint density at radius 2 is 1.07 bits per heavy atom. The minimum Gasteiger partial charge on any atom is -0.320 e. The van der Waals surface area contributed by atoms with Crippen molar-refractivity contribution in [3.63, 3.8) is 0 Å². The third kappa shape index (κ3) is 267. The summed E-state index contributed by atoms with van der Waals surface area (Å²) in [5, 5.41) is 2.93. The minimum absolute atomic E-state index is 1.07. The van der Waals surface area contributed by atoms with E-state index in [9.17, 15) is 0 Å². The number of unbranched alkanes of at least 4 members (excludes halogenated alkanes) is 2. The summed E-state index contributed by atoms with van der Waals surface area (Å²) in [6, 6.07) is 0. The first-order valence-electron chi connectivity index (χ1n) is 6.26. The predicted octanol–water partition coefficient (Wildman–Crippen LogP) is 4.29. The van der Waals surface area contributed by atoms with Gasteiger partial charge in [0.25, 0.3) is 0 Å². The monoisotopic (exact) mass is 221 g/mol. The molecule has 0 spiro atoms. The molecule has 0 radical (unpaired) electrons. The molecule has 0 aromatic rings. The van der Waals surface area contributed by atoms with Crippen LogP contribution >= 0.6 is 0 Å². The van der Waals surface area contributed by atoms with Crippen molar-refractivity contribution in [2.45, 2.75) is 67.7 Å². The average Bonchev–Trinajstić information content (AvgIpc) is 2.38. The summed E-state index contributed by atoms with van der Waals surface area (Å²) in [6.07, 6.45) is 4.08. The zero-order valence-corrected chi connectivity index (χ0v) is 12.4. The lowest BCUT2D eigenvalue weighted by atomic mass is 10.3. The number of hydrogen-bond acceptors (Lipinski definition) is 2. The van der Waals surface area contributed by atoms with Crippen LogP contribution < -0.4 is 5.32 Å². The first-order chi connectivity index (χ1) is 7.33. The van der Waals surface area contributed by atoms with E-state index in [-0.39, 0.29) is 0 Å². The summed E-state index contributed by atoms with van der Waals surface area (Å²) in [7, 11) is 1.93. The SMILES string of the molecule is C=O.CC.CC.CCCCC.CCNC. The van der Waals surface area contributed by atoms with Crippen LogP contribution in [0.25, 0.3) is 0 Å². The van der Waals surface area contributed by atoms with Gasteiger partial charge < -0.3 is 10.1 Å². The van der Waals surface area contributed by atoms with Crippen LogP contribution in [0.2, 0.25) is 0 Å². The van der Waals surface area contributed by atoms with Crippen LogP contribution in [0, 0.1) is 0 Å². The van der Waals surface area contributed by atoms with Gasteiger partial charge in [-0.05, 0) is 13.6 Å². The smallest absolute Gasteiger partial charge is 0.106 e. The second-order valence-corrected chi connectivity index (χ2v) is 2.06. The van der Waals surface area contributed by atoms with Gasteiger partial charge in [-0.15, -0.1) is 0 Å². The van der Waals surface area contributed by atoms with Gasteiger partial charge in [-0.25, -0.2) is 0 Å². The molecule has 15 heavy (non-hydrogen) atoms. The van der Waals surface area contributed by atoms with E-state index in [0.29, 0.717) is 0 Å². The van der Waals surface area contributed by atoms with Gasteiger partial charge in [-0.2, -0.15) is 0 Å². The van der Waals surface area contributed by atoms with Crippen LogP contribution in [0.3, 0.4) is 0 Å². The molecular formula is C13H35NO. The van der Waals surface area contributed by atoms with E-state index in [2.05, 4.69) is 26.1 Å². The summed E-state index contributed by atoms with van der Waals surface area (Å²) in [6.45, 7) is 17.6. The van der Waals surface area contributed by atoms with E-state index in [0.717, 1.165) is 6.54 Å². The molecule has 0 heterocycles. The van der Waals surface area contributed by atoms with Gasteiger partial charge in [-0.1, -0.05) is 67.7 Å². The first kappa shape index (κ1) is 29.3. The highest BCUT2D eigenvalue weighted by Crippen LogP contribution is 1.88. The summed E-state index contributed by atoms with van der Waals surface area (Å²) in [5.74, 6) is 0. The van der Waals surface area contributed by atoms with Crippen molar-refractivity contribution in [3.05, 3.63) is 0 Å². The van der Waals surface area contributed by atoms with Crippen molar-refractivity contribution in [3.8, 4) is 0 Å². The highest BCUT2D eigenvalue weighted by molar-refractivity contribution is 5.10. The third-order valence-electron chi connectivity index (χ3n) is 1.06. The van der Waals surface area contributed by atoms with E-state index in [4.69, 9.17) is 4.79 Å². The quantitative estimate of drug-likeness (QED) is 0.770. The topological polar surface area (TPSA) is 29.1 Å². The Hall–Kier alpha value is -0.370. The normalized spacial score (nSPS) is 5.87. The van der Waals surface area contributed by atoms with Crippen molar-refractivity contribution >= 4 is 6.79 Å². The molecule has 0 saturated heterocycles. The zero-order chi connectivity index (χ0) is 13.5. The lowest BCUT2D eigenvalue weighted by Gasteiger charge is -1.79. The Labute approximate surface area is 98.9 Å². The maximum absolute atomic E-state index is 8.00. The molecule has 0 atom stereocenters. The molecular weight excluding hydrogens is 186 g/mol. The van der Waals surface area contributed by atoms with Crippen LogP contribution in [0.1, 0.15) is 67.7 Å². The van der Waals surface area contributed by atoms with Crippen LogP contribution in [-0.4, -0.2) is 20.4 Å². The van der Waals surface area contributed by atoms with Crippen molar-refractivity contribution in [2.24, 2.45) is 0 Å². The number of nitrogens with one attached hydrogen (secondary N) is 1. The second kappa shape index (κ2) is 101. The minimum atomic E-state index is 1.07. The molecule has 0 saturated carbocycles. The number of hydrogen-bond donors (Lipinski definition) is 1. The lowest BCUT2D eigenvalue weighted by molar-refractivity contribution is -0.0979. The molecule has 2 nitrogen and oxygen atoms in total. The zero-order valence-electron chi connectivity index (χ0n) is 12.4. The fourth-order valence-electron chi connectivity index (χ4n) is 0.354. The van der Waals surface area contributed by atoms with E-state index >= 15 is 0 Å². The summed E-state index contributed by atoms with van der Waals surface area (Å²) in [5.41, 5.74) is 0. The molecule has 0 amide bonds. The van der Waals surface area contributed by atoms with Crippen LogP contribution in [0.5, 0.6) is 0 Å². The molecule has 0 aliphatic rings. The highest BCUT2D eigenvalue weighted by atomic mass is 16.1. The number of carbonyl (C=O) groups excluding carboxylic acids is 1. The molecule has 0 fully saturated rings. The molecule has 0 unspecified atom stereocenters. The Bertz CT molecular complexity index is 37.5. The first-order valence-corrected chi connectivity index (χ1v) is 6.26. The maximum Gasteiger partial charge on any atom is 0.106 e. The Kier molecular flexibility index (Phi) is 198. The molecule has 2 heteroatoms. The highest BCUT2D eigenvalue weighted by Gasteiger charge is 1.68. The predicted molar refractivity (Wildman–Crippen MR) is 74.6 cm³/mol. The van der Waals surface area contributed by atoms with E-state index in [1.807, 2.05) is 41.5 Å². The van der Waals surface area contributed by atoms with Gasteiger partial charge in [0, 0.05) is 0 Å². The van der Waals surface area contributed by atoms with Gasteiger partial charge >= 0.3 is 0 Å². The van der Waals surface area contributed by atoms with Crippen molar-refractivity contribution < 1.29 is 4.79 Å². The van der Waals surface area contributed by atoms with Gasteiger partial charge in [0.15, 0.2) is 0 Å². The van der Waals surface area contributed by atoms with E-state index in [1.165, 1.54) is 19.3 Å².